The van der Waals surface area contributed by atoms with Gasteiger partial charge in [0.1, 0.15) is 0 Å². The number of allylic oxidation sites excluding steroid dienone is 2. The van der Waals surface area contributed by atoms with Crippen LogP contribution in [0.2, 0.25) is 0 Å². The summed E-state index contributed by atoms with van der Waals surface area (Å²) in [7, 11) is 1.82. The van der Waals surface area contributed by atoms with Crippen molar-refractivity contribution in [3.8, 4) is 11.3 Å². The molecule has 3 rings (SSSR count). The molecule has 0 saturated heterocycles. The van der Waals surface area contributed by atoms with Crippen LogP contribution in [0.25, 0.3) is 11.3 Å². The fourth-order valence-corrected chi connectivity index (χ4v) is 3.29. The molecule has 1 aromatic heterocycles. The van der Waals surface area contributed by atoms with Gasteiger partial charge in [-0.25, -0.2) is 4.68 Å². The van der Waals surface area contributed by atoms with Crippen molar-refractivity contribution in [2.45, 2.75) is 19.3 Å². The Hall–Kier alpha value is -1.94. The van der Waals surface area contributed by atoms with E-state index in [1.165, 1.54) is 12.0 Å². The molecular weight excluding hydrogens is 278 g/mol. The van der Waals surface area contributed by atoms with Crippen molar-refractivity contribution in [1.82, 2.24) is 4.68 Å². The van der Waals surface area contributed by atoms with Crippen LogP contribution < -0.4 is 4.80 Å². The first kappa shape index (κ1) is 14.0. The Morgan fingerprint density at radius 3 is 2.81 bits per heavy atom. The fourth-order valence-electron chi connectivity index (χ4n) is 2.48. The SMILES string of the molecule is CN=c1scc(-c2ccccc2)n1N=CC1CC=CCC1. The number of nitrogens with zero attached hydrogens (tertiary/aromatic N) is 3. The van der Waals surface area contributed by atoms with Crippen LogP contribution >= 0.6 is 11.3 Å². The monoisotopic (exact) mass is 297 g/mol. The first-order valence-corrected chi connectivity index (χ1v) is 8.14. The van der Waals surface area contributed by atoms with E-state index < -0.39 is 0 Å². The Bertz CT molecular complexity index is 707. The predicted molar refractivity (Wildman–Crippen MR) is 89.6 cm³/mol. The third kappa shape index (κ3) is 3.22. The lowest BCUT2D eigenvalue weighted by Gasteiger charge is -2.12. The van der Waals surface area contributed by atoms with Gasteiger partial charge in [-0.2, -0.15) is 5.10 Å². The van der Waals surface area contributed by atoms with Crippen LogP contribution in [-0.4, -0.2) is 17.9 Å². The maximum atomic E-state index is 4.71. The highest BCUT2D eigenvalue weighted by atomic mass is 32.1. The van der Waals surface area contributed by atoms with Crippen LogP contribution in [0.1, 0.15) is 19.3 Å². The van der Waals surface area contributed by atoms with Gasteiger partial charge in [0, 0.05) is 24.2 Å². The van der Waals surface area contributed by atoms with Gasteiger partial charge in [-0.15, -0.1) is 11.3 Å². The Morgan fingerprint density at radius 1 is 1.24 bits per heavy atom. The number of benzene rings is 1. The van der Waals surface area contributed by atoms with Crippen LogP contribution in [-0.2, 0) is 0 Å². The lowest BCUT2D eigenvalue weighted by atomic mass is 9.96. The molecule has 1 heterocycles. The van der Waals surface area contributed by atoms with Gasteiger partial charge in [0.15, 0.2) is 0 Å². The molecule has 1 aromatic carbocycles. The Balaban J connectivity index is 1.95. The van der Waals surface area contributed by atoms with Crippen molar-refractivity contribution in [1.29, 1.82) is 0 Å². The van der Waals surface area contributed by atoms with Crippen LogP contribution in [0.15, 0.2) is 58.0 Å². The van der Waals surface area contributed by atoms with Crippen LogP contribution in [0, 0.1) is 5.92 Å². The molecule has 1 atom stereocenters. The first-order valence-electron chi connectivity index (χ1n) is 7.27. The van der Waals surface area contributed by atoms with E-state index in [0.29, 0.717) is 5.92 Å². The molecule has 2 aromatic rings. The highest BCUT2D eigenvalue weighted by Gasteiger charge is 2.09. The molecule has 0 fully saturated rings. The van der Waals surface area contributed by atoms with E-state index in [0.717, 1.165) is 23.3 Å². The molecule has 0 bridgehead atoms. The molecule has 1 aliphatic rings. The maximum Gasteiger partial charge on any atom is 0.205 e. The zero-order valence-electron chi connectivity index (χ0n) is 12.1. The van der Waals surface area contributed by atoms with Crippen molar-refractivity contribution in [3.05, 3.63) is 52.7 Å². The summed E-state index contributed by atoms with van der Waals surface area (Å²) < 4.78 is 1.96. The molecule has 0 aliphatic heterocycles. The van der Waals surface area contributed by atoms with Crippen molar-refractivity contribution >= 4 is 17.6 Å². The molecule has 0 amide bonds. The standard InChI is InChI=1S/C17H19N3S/c1-18-17-20(19-12-14-8-4-2-5-9-14)16(13-21-17)15-10-6-3-7-11-15/h2-4,6-7,10-14H,5,8-9H2,1H3. The molecule has 1 aliphatic carbocycles. The summed E-state index contributed by atoms with van der Waals surface area (Å²) in [6.07, 6.45) is 10.0. The van der Waals surface area contributed by atoms with Gasteiger partial charge in [-0.3, -0.25) is 4.99 Å². The van der Waals surface area contributed by atoms with Gasteiger partial charge in [-0.05, 0) is 25.2 Å². The first-order chi connectivity index (χ1) is 10.4. The fraction of sp³-hybridized carbons (Fsp3) is 0.294. The molecule has 1 unspecified atom stereocenters. The third-order valence-corrected chi connectivity index (χ3v) is 4.56. The zero-order chi connectivity index (χ0) is 14.5. The van der Waals surface area contributed by atoms with E-state index in [4.69, 9.17) is 5.10 Å². The molecule has 0 N–H and O–H groups in total. The highest BCUT2D eigenvalue weighted by Crippen LogP contribution is 2.20. The summed E-state index contributed by atoms with van der Waals surface area (Å²) in [6.45, 7) is 0. The van der Waals surface area contributed by atoms with Crippen molar-refractivity contribution in [3.63, 3.8) is 0 Å². The van der Waals surface area contributed by atoms with Gasteiger partial charge in [0.05, 0.1) is 5.69 Å². The minimum absolute atomic E-state index is 0.538. The van der Waals surface area contributed by atoms with E-state index >= 15 is 0 Å². The Labute approximate surface area is 129 Å². The average molecular weight is 297 g/mol. The van der Waals surface area contributed by atoms with Gasteiger partial charge in [0.25, 0.3) is 0 Å². The molecular formula is C17H19N3S. The second-order valence-corrected chi connectivity index (χ2v) is 5.95. The smallest absolute Gasteiger partial charge is 0.205 e. The quantitative estimate of drug-likeness (QED) is 0.607. The summed E-state index contributed by atoms with van der Waals surface area (Å²) in [4.78, 5) is 5.26. The van der Waals surface area contributed by atoms with Crippen molar-refractivity contribution < 1.29 is 0 Å². The molecule has 0 radical (unpaired) electrons. The summed E-state index contributed by atoms with van der Waals surface area (Å²) in [5.41, 5.74) is 2.27. The van der Waals surface area contributed by atoms with Crippen molar-refractivity contribution in [2.75, 3.05) is 7.05 Å². The number of rotatable bonds is 3. The van der Waals surface area contributed by atoms with E-state index in [2.05, 4.69) is 53.0 Å². The Morgan fingerprint density at radius 2 is 2.10 bits per heavy atom. The number of hydrogen-bond acceptors (Lipinski definition) is 3. The molecule has 21 heavy (non-hydrogen) atoms. The predicted octanol–water partition coefficient (Wildman–Crippen LogP) is 3.94. The van der Waals surface area contributed by atoms with Crippen LogP contribution in [0.3, 0.4) is 0 Å². The summed E-state index contributed by atoms with van der Waals surface area (Å²) in [6, 6.07) is 10.3. The van der Waals surface area contributed by atoms with Gasteiger partial charge < -0.3 is 0 Å². The average Bonchev–Trinajstić information content (AvgIpc) is 2.97. The summed E-state index contributed by atoms with van der Waals surface area (Å²) in [5, 5.41) is 6.83. The van der Waals surface area contributed by atoms with E-state index in [1.807, 2.05) is 17.8 Å². The number of thiazole rings is 1. The van der Waals surface area contributed by atoms with E-state index in [-0.39, 0.29) is 0 Å². The lowest BCUT2D eigenvalue weighted by Crippen LogP contribution is -2.13. The second kappa shape index (κ2) is 6.68. The minimum atomic E-state index is 0.538. The topological polar surface area (TPSA) is 29.6 Å². The molecule has 108 valence electrons. The highest BCUT2D eigenvalue weighted by molar-refractivity contribution is 7.07. The van der Waals surface area contributed by atoms with E-state index in [1.54, 1.807) is 11.3 Å². The summed E-state index contributed by atoms with van der Waals surface area (Å²) >= 11 is 1.63. The zero-order valence-corrected chi connectivity index (χ0v) is 13.0. The van der Waals surface area contributed by atoms with Crippen molar-refractivity contribution in [2.24, 2.45) is 16.0 Å². The third-order valence-electron chi connectivity index (χ3n) is 3.65. The second-order valence-electron chi connectivity index (χ2n) is 5.11. The molecule has 0 saturated carbocycles. The normalized spacial score (nSPS) is 19.5. The molecule has 0 spiro atoms. The Kier molecular flexibility index (Phi) is 4.46. The number of hydrogen-bond donors (Lipinski definition) is 0. The van der Waals surface area contributed by atoms with E-state index in [9.17, 15) is 0 Å². The number of aromatic nitrogens is 1. The van der Waals surface area contributed by atoms with Crippen LogP contribution in [0.4, 0.5) is 0 Å². The van der Waals surface area contributed by atoms with Gasteiger partial charge >= 0.3 is 0 Å². The minimum Gasteiger partial charge on any atom is -0.261 e. The van der Waals surface area contributed by atoms with Gasteiger partial charge in [0.2, 0.25) is 4.80 Å². The summed E-state index contributed by atoms with van der Waals surface area (Å²) in [5.74, 6) is 0.538. The molecule has 4 heteroatoms. The largest absolute Gasteiger partial charge is 0.261 e. The van der Waals surface area contributed by atoms with Crippen LogP contribution in [0.5, 0.6) is 0 Å². The lowest BCUT2D eigenvalue weighted by molar-refractivity contribution is 0.621. The van der Waals surface area contributed by atoms with Gasteiger partial charge in [-0.1, -0.05) is 42.5 Å². The maximum absolute atomic E-state index is 4.71. The molecule has 3 nitrogen and oxygen atoms in total.